The van der Waals surface area contributed by atoms with Crippen LogP contribution in [-0.4, -0.2) is 16.1 Å². The first-order valence-corrected chi connectivity index (χ1v) is 8.91. The van der Waals surface area contributed by atoms with Gasteiger partial charge < -0.3 is 4.74 Å². The second-order valence-corrected chi connectivity index (χ2v) is 6.95. The summed E-state index contributed by atoms with van der Waals surface area (Å²) in [5.74, 6) is 0.365. The molecule has 0 aliphatic rings. The highest BCUT2D eigenvalue weighted by Crippen LogP contribution is 2.27. The minimum Gasteiger partial charge on any atom is -0.483 e. The van der Waals surface area contributed by atoms with Gasteiger partial charge in [0.25, 0.3) is 5.91 Å². The summed E-state index contributed by atoms with van der Waals surface area (Å²) < 4.78 is 5.80. The van der Waals surface area contributed by atoms with Crippen molar-refractivity contribution in [3.05, 3.63) is 69.1 Å². The van der Waals surface area contributed by atoms with Crippen molar-refractivity contribution in [1.82, 2.24) is 10.2 Å². The van der Waals surface area contributed by atoms with Crippen LogP contribution in [0.15, 0.2) is 48.5 Å². The molecule has 0 aliphatic carbocycles. The highest BCUT2D eigenvalue weighted by molar-refractivity contribution is 7.15. The highest BCUT2D eigenvalue weighted by atomic mass is 35.5. The molecular formula is C17H13Cl2N3O2S. The molecular weight excluding hydrogens is 381 g/mol. The summed E-state index contributed by atoms with van der Waals surface area (Å²) in [6, 6.07) is 14.1. The fourth-order valence-corrected chi connectivity index (χ4v) is 3.25. The Bertz CT molecular complexity index is 887. The third kappa shape index (κ3) is 4.48. The van der Waals surface area contributed by atoms with Gasteiger partial charge in [0.2, 0.25) is 5.13 Å². The standard InChI is InChI=1S/C17H13Cl2N3O2S/c1-10(24-12-5-3-2-4-6-12)16-21-22-17(25-16)20-15(23)13-8-7-11(18)9-14(13)19/h2-10H,1H3,(H,20,22,23)/t10-/m1/s1. The summed E-state index contributed by atoms with van der Waals surface area (Å²) in [6.07, 6.45) is -0.287. The van der Waals surface area contributed by atoms with Crippen LogP contribution in [0.3, 0.4) is 0 Å². The molecule has 8 heteroatoms. The minimum atomic E-state index is -0.374. The van der Waals surface area contributed by atoms with E-state index in [1.165, 1.54) is 17.4 Å². The lowest BCUT2D eigenvalue weighted by atomic mass is 10.2. The van der Waals surface area contributed by atoms with E-state index in [0.717, 1.165) is 5.75 Å². The number of anilines is 1. The van der Waals surface area contributed by atoms with E-state index in [1.807, 2.05) is 37.3 Å². The summed E-state index contributed by atoms with van der Waals surface area (Å²) in [5, 5.41) is 12.5. The smallest absolute Gasteiger partial charge is 0.259 e. The van der Waals surface area contributed by atoms with Crippen LogP contribution in [0.4, 0.5) is 5.13 Å². The molecule has 0 saturated carbocycles. The Balaban J connectivity index is 1.68. The number of ether oxygens (including phenoxy) is 1. The average Bonchev–Trinajstić information content (AvgIpc) is 3.04. The number of carbonyl (C=O) groups excluding carboxylic acids is 1. The predicted molar refractivity (Wildman–Crippen MR) is 99.8 cm³/mol. The maximum Gasteiger partial charge on any atom is 0.259 e. The van der Waals surface area contributed by atoms with Crippen LogP contribution in [0.5, 0.6) is 5.75 Å². The lowest BCUT2D eigenvalue weighted by molar-refractivity contribution is 0.102. The number of hydrogen-bond donors (Lipinski definition) is 1. The van der Waals surface area contributed by atoms with Gasteiger partial charge in [-0.2, -0.15) is 0 Å². The molecule has 0 unspecified atom stereocenters. The monoisotopic (exact) mass is 393 g/mol. The molecule has 1 aromatic heterocycles. The SMILES string of the molecule is C[C@@H](Oc1ccccc1)c1nnc(NC(=O)c2ccc(Cl)cc2Cl)s1. The van der Waals surface area contributed by atoms with Gasteiger partial charge in [0.1, 0.15) is 11.9 Å². The van der Waals surface area contributed by atoms with Crippen molar-refractivity contribution in [3.8, 4) is 5.75 Å². The topological polar surface area (TPSA) is 64.1 Å². The molecule has 3 aromatic rings. The first-order valence-electron chi connectivity index (χ1n) is 7.34. The van der Waals surface area contributed by atoms with E-state index in [2.05, 4.69) is 15.5 Å². The molecule has 0 spiro atoms. The molecule has 1 atom stereocenters. The van der Waals surface area contributed by atoms with E-state index in [9.17, 15) is 4.79 Å². The molecule has 0 bridgehead atoms. The molecule has 1 heterocycles. The molecule has 25 heavy (non-hydrogen) atoms. The molecule has 0 fully saturated rings. The zero-order valence-corrected chi connectivity index (χ0v) is 15.4. The fraction of sp³-hybridized carbons (Fsp3) is 0.118. The Kier molecular flexibility index (Phi) is 5.53. The van der Waals surface area contributed by atoms with E-state index < -0.39 is 0 Å². The number of carbonyl (C=O) groups is 1. The Labute approximate surface area is 158 Å². The van der Waals surface area contributed by atoms with Crippen LogP contribution in [0, 0.1) is 0 Å². The third-order valence-corrected chi connectivity index (χ3v) is 4.79. The van der Waals surface area contributed by atoms with Gasteiger partial charge in [-0.3, -0.25) is 10.1 Å². The molecule has 0 saturated heterocycles. The Morgan fingerprint density at radius 3 is 2.64 bits per heavy atom. The van der Waals surface area contributed by atoms with Crippen LogP contribution < -0.4 is 10.1 Å². The van der Waals surface area contributed by atoms with E-state index in [1.54, 1.807) is 12.1 Å². The predicted octanol–water partition coefficient (Wildman–Crippen LogP) is 5.24. The third-order valence-electron chi connectivity index (χ3n) is 3.24. The summed E-state index contributed by atoms with van der Waals surface area (Å²) in [5.41, 5.74) is 0.316. The summed E-state index contributed by atoms with van der Waals surface area (Å²) in [4.78, 5) is 12.3. The lowest BCUT2D eigenvalue weighted by Gasteiger charge is -2.11. The minimum absolute atomic E-state index is 0.274. The number of para-hydroxylation sites is 1. The Hall–Kier alpha value is -2.15. The largest absolute Gasteiger partial charge is 0.483 e. The van der Waals surface area contributed by atoms with Crippen molar-refractivity contribution >= 4 is 45.6 Å². The van der Waals surface area contributed by atoms with Crippen molar-refractivity contribution < 1.29 is 9.53 Å². The van der Waals surface area contributed by atoms with Gasteiger partial charge in [0.05, 0.1) is 10.6 Å². The Morgan fingerprint density at radius 2 is 1.92 bits per heavy atom. The normalized spacial score (nSPS) is 11.8. The fourth-order valence-electron chi connectivity index (χ4n) is 2.04. The second kappa shape index (κ2) is 7.82. The number of aromatic nitrogens is 2. The summed E-state index contributed by atoms with van der Waals surface area (Å²) in [7, 11) is 0. The molecule has 1 N–H and O–H groups in total. The van der Waals surface area contributed by atoms with Crippen LogP contribution in [0.1, 0.15) is 28.4 Å². The van der Waals surface area contributed by atoms with Crippen LogP contribution in [0.25, 0.3) is 0 Å². The van der Waals surface area contributed by atoms with Crippen molar-refractivity contribution in [2.45, 2.75) is 13.0 Å². The molecule has 3 rings (SSSR count). The number of nitrogens with zero attached hydrogens (tertiary/aromatic N) is 2. The summed E-state index contributed by atoms with van der Waals surface area (Å²) in [6.45, 7) is 1.87. The van der Waals surface area contributed by atoms with Crippen LogP contribution in [-0.2, 0) is 0 Å². The van der Waals surface area contributed by atoms with Gasteiger partial charge in [-0.05, 0) is 37.3 Å². The molecule has 5 nitrogen and oxygen atoms in total. The van der Waals surface area contributed by atoms with E-state index in [0.29, 0.717) is 20.7 Å². The van der Waals surface area contributed by atoms with Crippen molar-refractivity contribution in [2.75, 3.05) is 5.32 Å². The van der Waals surface area contributed by atoms with Gasteiger partial charge in [0, 0.05) is 5.02 Å². The number of rotatable bonds is 5. The van der Waals surface area contributed by atoms with Gasteiger partial charge in [-0.15, -0.1) is 10.2 Å². The number of hydrogen-bond acceptors (Lipinski definition) is 5. The first-order chi connectivity index (χ1) is 12.0. The van der Waals surface area contributed by atoms with Gasteiger partial charge in [-0.25, -0.2) is 0 Å². The van der Waals surface area contributed by atoms with Crippen molar-refractivity contribution in [1.29, 1.82) is 0 Å². The van der Waals surface area contributed by atoms with E-state index in [4.69, 9.17) is 27.9 Å². The van der Waals surface area contributed by atoms with Crippen molar-refractivity contribution in [2.24, 2.45) is 0 Å². The molecule has 0 aliphatic heterocycles. The van der Waals surface area contributed by atoms with Crippen LogP contribution >= 0.6 is 34.5 Å². The van der Waals surface area contributed by atoms with Gasteiger partial charge in [0.15, 0.2) is 5.01 Å². The molecule has 128 valence electrons. The van der Waals surface area contributed by atoms with Crippen molar-refractivity contribution in [3.63, 3.8) is 0 Å². The lowest BCUT2D eigenvalue weighted by Crippen LogP contribution is -2.12. The number of halogens is 2. The van der Waals surface area contributed by atoms with Gasteiger partial charge in [-0.1, -0.05) is 52.7 Å². The molecule has 2 aromatic carbocycles. The summed E-state index contributed by atoms with van der Waals surface area (Å²) >= 11 is 13.1. The number of benzene rings is 2. The van der Waals surface area contributed by atoms with Crippen LogP contribution in [0.2, 0.25) is 10.0 Å². The average molecular weight is 394 g/mol. The zero-order valence-electron chi connectivity index (χ0n) is 13.1. The maximum absolute atomic E-state index is 12.3. The molecule has 0 radical (unpaired) electrons. The highest BCUT2D eigenvalue weighted by Gasteiger charge is 2.17. The second-order valence-electron chi connectivity index (χ2n) is 5.10. The first kappa shape index (κ1) is 17.7. The molecule has 1 amide bonds. The quantitative estimate of drug-likeness (QED) is 0.643. The number of amides is 1. The van der Waals surface area contributed by atoms with E-state index in [-0.39, 0.29) is 17.0 Å². The maximum atomic E-state index is 12.3. The Morgan fingerprint density at radius 1 is 1.16 bits per heavy atom. The van der Waals surface area contributed by atoms with E-state index >= 15 is 0 Å². The number of nitrogens with one attached hydrogen (secondary N) is 1. The zero-order chi connectivity index (χ0) is 17.8. The van der Waals surface area contributed by atoms with Gasteiger partial charge >= 0.3 is 0 Å².